The molecule has 2 nitrogen and oxygen atoms in total. The van der Waals surface area contributed by atoms with Crippen LogP contribution in [0.1, 0.15) is 46.2 Å². The van der Waals surface area contributed by atoms with Gasteiger partial charge in [0.05, 0.1) is 0 Å². The van der Waals surface area contributed by atoms with Gasteiger partial charge in [-0.1, -0.05) is 72.8 Å². The third kappa shape index (κ3) is 17.3. The predicted molar refractivity (Wildman–Crippen MR) is 240 cm³/mol. The van der Waals surface area contributed by atoms with Crippen LogP contribution in [0.4, 0.5) is 40.3 Å². The smallest absolute Gasteiger partial charge is 0.406 e. The maximum absolute atomic E-state index is 13.7. The Morgan fingerprint density at radius 1 is 0.443 bits per heavy atom. The van der Waals surface area contributed by atoms with Crippen molar-refractivity contribution in [1.82, 2.24) is 0 Å². The minimum Gasteiger partial charge on any atom is -0.406 e. The fraction of sp³-hybridized carbons (Fsp3) is 0.148. The quantitative estimate of drug-likeness (QED) is 0.0727. The molecule has 0 heterocycles. The third-order valence-corrected chi connectivity index (χ3v) is 9.60. The molecule has 0 amide bonds. The van der Waals surface area contributed by atoms with Gasteiger partial charge in [-0.2, -0.15) is 36.4 Å². The first-order chi connectivity index (χ1) is 29.2. The maximum Gasteiger partial charge on any atom is 4.00 e. The van der Waals surface area contributed by atoms with Crippen LogP contribution in [0.15, 0.2) is 182 Å². The first kappa shape index (κ1) is 47.7. The van der Waals surface area contributed by atoms with Crippen LogP contribution in [-0.4, -0.2) is 0 Å². The monoisotopic (exact) mass is 850 g/mol. The molecule has 0 aliphatic rings. The number of anilines is 4. The number of hydrogen-bond acceptors (Lipinski definition) is 2. The molecule has 0 bridgehead atoms. The summed E-state index contributed by atoms with van der Waals surface area (Å²) in [5.41, 5.74) is 9.57. The molecule has 61 heavy (non-hydrogen) atoms. The van der Waals surface area contributed by atoms with Crippen LogP contribution < -0.4 is 10.6 Å². The van der Waals surface area contributed by atoms with E-state index in [1.165, 1.54) is 57.6 Å². The van der Waals surface area contributed by atoms with Crippen molar-refractivity contribution in [2.75, 3.05) is 10.6 Å². The van der Waals surface area contributed by atoms with Gasteiger partial charge < -0.3 is 10.6 Å². The normalized spacial score (nSPS) is 10.1. The average molecular weight is 851 g/mol. The van der Waals surface area contributed by atoms with E-state index >= 15 is 0 Å². The van der Waals surface area contributed by atoms with E-state index in [0.717, 1.165) is 49.9 Å². The molecule has 2 N–H and O–H groups in total. The fourth-order valence-electron chi connectivity index (χ4n) is 6.32. The molecule has 0 aliphatic heterocycles. The van der Waals surface area contributed by atoms with Crippen LogP contribution in [0.2, 0.25) is 0 Å². The van der Waals surface area contributed by atoms with Crippen molar-refractivity contribution in [2.24, 2.45) is 0 Å². The molecule has 0 unspecified atom stereocenters. The molecule has 8 aromatic rings. The number of aryl methyl sites for hydroxylation is 6. The third-order valence-electron chi connectivity index (χ3n) is 9.60. The van der Waals surface area contributed by atoms with Gasteiger partial charge >= 0.3 is 21.7 Å². The van der Waals surface area contributed by atoms with Gasteiger partial charge in [0.25, 0.3) is 0 Å². The topological polar surface area (TPSA) is 24.1 Å². The summed E-state index contributed by atoms with van der Waals surface area (Å²) in [6.45, 7) is 4.15. The molecule has 0 radical (unpaired) electrons. The van der Waals surface area contributed by atoms with E-state index in [9.17, 15) is 17.6 Å². The van der Waals surface area contributed by atoms with Crippen LogP contribution in [-0.2, 0) is 47.4 Å². The Balaban J connectivity index is 0.000000215. The zero-order valence-electron chi connectivity index (χ0n) is 34.6. The second-order valence-electron chi connectivity index (χ2n) is 14.2. The largest absolute Gasteiger partial charge is 4.00 e. The second kappa shape index (κ2) is 26.3. The number of halogens is 4. The number of rotatable bonds is 12. The van der Waals surface area contributed by atoms with Crippen molar-refractivity contribution >= 4 is 22.7 Å². The van der Waals surface area contributed by atoms with Gasteiger partial charge in [-0.3, -0.25) is 0 Å². The Morgan fingerprint density at radius 2 is 0.820 bits per heavy atom. The zero-order chi connectivity index (χ0) is 42.4. The summed E-state index contributed by atoms with van der Waals surface area (Å²) in [5, 5.41) is 6.00. The van der Waals surface area contributed by atoms with Crippen LogP contribution in [0.3, 0.4) is 0 Å². The van der Waals surface area contributed by atoms with Crippen molar-refractivity contribution in [1.29, 1.82) is 0 Å². The van der Waals surface area contributed by atoms with Gasteiger partial charge in [0.1, 0.15) is 0 Å². The molecule has 0 saturated heterocycles. The van der Waals surface area contributed by atoms with E-state index in [0.29, 0.717) is 0 Å². The minimum absolute atomic E-state index is 0. The summed E-state index contributed by atoms with van der Waals surface area (Å²) in [4.78, 5) is 0. The summed E-state index contributed by atoms with van der Waals surface area (Å²) < 4.78 is 53.4. The summed E-state index contributed by atoms with van der Waals surface area (Å²) in [6.07, 6.45) is 6.06. The van der Waals surface area contributed by atoms with Crippen molar-refractivity contribution < 1.29 is 39.3 Å². The van der Waals surface area contributed by atoms with Crippen molar-refractivity contribution in [3.05, 3.63) is 251 Å². The number of nitrogens with one attached hydrogen (secondary N) is 2. The standard InChI is InChI=1S/2C22H20F2N.2C5H5.Ti/c2*1-16-10-12-20(25-22-13-11-19(23)15-21(22)24)14-18(16)9-5-8-17-6-3-2-4-7-17;2*1-2-4-5-3-1;/h2*2-4,6-7,10-14,25H,5,8-9H2,1H3;2*1-5H;/q4*-1;+4. The van der Waals surface area contributed by atoms with E-state index < -0.39 is 23.3 Å². The minimum atomic E-state index is -0.716. The van der Waals surface area contributed by atoms with Crippen LogP contribution in [0.5, 0.6) is 0 Å². The van der Waals surface area contributed by atoms with Crippen LogP contribution in [0, 0.1) is 49.2 Å². The van der Waals surface area contributed by atoms with Gasteiger partial charge in [-0.05, 0) is 121 Å². The maximum atomic E-state index is 13.7. The van der Waals surface area contributed by atoms with E-state index in [1.54, 1.807) is 0 Å². The molecule has 0 atom stereocenters. The molecule has 0 spiro atoms. The fourth-order valence-corrected chi connectivity index (χ4v) is 6.32. The van der Waals surface area contributed by atoms with E-state index in [-0.39, 0.29) is 33.1 Å². The molecule has 0 saturated carbocycles. The van der Waals surface area contributed by atoms with Gasteiger partial charge in [0.15, 0.2) is 0 Å². The Hall–Kier alpha value is -5.95. The second-order valence-corrected chi connectivity index (χ2v) is 14.2. The first-order valence-electron chi connectivity index (χ1n) is 20.1. The van der Waals surface area contributed by atoms with Crippen molar-refractivity contribution in [3.63, 3.8) is 0 Å². The summed E-state index contributed by atoms with van der Waals surface area (Å²) in [5.74, 6) is -2.83. The first-order valence-corrected chi connectivity index (χ1v) is 20.1. The van der Waals surface area contributed by atoms with Gasteiger partial charge in [-0.15, -0.1) is 36.4 Å². The molecule has 0 fully saturated rings. The van der Waals surface area contributed by atoms with Crippen molar-refractivity contribution in [3.8, 4) is 0 Å². The van der Waals surface area contributed by atoms with Crippen LogP contribution >= 0.6 is 0 Å². The molecule has 7 heteroatoms. The molecule has 308 valence electrons. The van der Waals surface area contributed by atoms with E-state index in [4.69, 9.17) is 0 Å². The Labute approximate surface area is 374 Å². The number of benzene rings is 6. The van der Waals surface area contributed by atoms with E-state index in [2.05, 4.69) is 73.0 Å². The molecular weight excluding hydrogens is 800 g/mol. The Morgan fingerprint density at radius 3 is 1.15 bits per heavy atom. The SMILES string of the molecule is Cc1ccc(Nc2ccc(F)[c-]c2F)cc1CCCc1ccccc1.Cc1ccc(Nc2ccc(F)[c-]c2F)cc1CCCc1ccccc1.[Ti+4].c1cc[cH-]c1.c1cc[cH-]c1. The summed E-state index contributed by atoms with van der Waals surface area (Å²) >= 11 is 0. The van der Waals surface area contributed by atoms with Crippen molar-refractivity contribution in [2.45, 2.75) is 52.4 Å². The Kier molecular flexibility index (Phi) is 20.6. The summed E-state index contributed by atoms with van der Waals surface area (Å²) in [6, 6.07) is 62.0. The molecule has 0 aliphatic carbocycles. The summed E-state index contributed by atoms with van der Waals surface area (Å²) in [7, 11) is 0. The van der Waals surface area contributed by atoms with Gasteiger partial charge in [0, 0.05) is 34.6 Å². The average Bonchev–Trinajstić information content (AvgIpc) is 4.05. The molecular formula is C54H50F4N2Ti. The molecule has 8 rings (SSSR count). The van der Waals surface area contributed by atoms with Gasteiger partial charge in [0.2, 0.25) is 0 Å². The molecule has 0 aromatic heterocycles. The predicted octanol–water partition coefficient (Wildman–Crippen LogP) is 14.8. The zero-order valence-corrected chi connectivity index (χ0v) is 36.1. The van der Waals surface area contributed by atoms with E-state index in [1.807, 2.05) is 121 Å². The molecule has 8 aromatic carbocycles. The van der Waals surface area contributed by atoms with Crippen LogP contribution in [0.25, 0.3) is 0 Å². The number of hydrogen-bond donors (Lipinski definition) is 2. The van der Waals surface area contributed by atoms with Gasteiger partial charge in [-0.25, -0.2) is 41.8 Å². The Bertz CT molecular complexity index is 2190.